The molecule has 0 heterocycles. The summed E-state index contributed by atoms with van der Waals surface area (Å²) in [7, 11) is -8.48. The summed E-state index contributed by atoms with van der Waals surface area (Å²) in [6.07, 6.45) is 0. The summed E-state index contributed by atoms with van der Waals surface area (Å²) in [5.41, 5.74) is 0. The standard InChI is InChI=1S/C11H12O6S2/c1-3-18(13,14)11(19(15,16)4-2)17-10-7-5-6-9(12)8-10/h3-8,11-12H,1-2H2. The van der Waals surface area contributed by atoms with Gasteiger partial charge in [-0.3, -0.25) is 0 Å². The number of rotatable bonds is 6. The minimum absolute atomic E-state index is 0.110. The van der Waals surface area contributed by atoms with Gasteiger partial charge in [0.05, 0.1) is 0 Å². The summed E-state index contributed by atoms with van der Waals surface area (Å²) in [6, 6.07) is 5.10. The Morgan fingerprint density at radius 3 is 2.05 bits per heavy atom. The molecule has 0 amide bonds. The van der Waals surface area contributed by atoms with Gasteiger partial charge >= 0.3 is 4.77 Å². The Morgan fingerprint density at radius 2 is 1.63 bits per heavy atom. The zero-order chi connectivity index (χ0) is 14.7. The van der Waals surface area contributed by atoms with Gasteiger partial charge in [0, 0.05) is 16.9 Å². The third kappa shape index (κ3) is 3.58. The third-order valence-electron chi connectivity index (χ3n) is 2.05. The molecule has 6 nitrogen and oxygen atoms in total. The Kier molecular flexibility index (Phi) is 4.38. The molecule has 1 aromatic rings. The maximum atomic E-state index is 11.7. The van der Waals surface area contributed by atoms with E-state index in [-0.39, 0.29) is 11.5 Å². The molecule has 0 saturated carbocycles. The smallest absolute Gasteiger partial charge is 0.306 e. The van der Waals surface area contributed by atoms with Crippen LogP contribution in [0.4, 0.5) is 0 Å². The molecule has 0 saturated heterocycles. The van der Waals surface area contributed by atoms with E-state index in [1.807, 2.05) is 0 Å². The lowest BCUT2D eigenvalue weighted by Crippen LogP contribution is -2.33. The van der Waals surface area contributed by atoms with Crippen molar-refractivity contribution in [2.75, 3.05) is 0 Å². The summed E-state index contributed by atoms with van der Waals surface area (Å²) in [5.74, 6) is -0.302. The minimum Gasteiger partial charge on any atom is -0.508 e. The van der Waals surface area contributed by atoms with Gasteiger partial charge in [-0.2, -0.15) is 0 Å². The second-order valence-electron chi connectivity index (χ2n) is 3.42. The molecule has 1 rings (SSSR count). The van der Waals surface area contributed by atoms with Gasteiger partial charge in [-0.15, -0.1) is 0 Å². The first-order valence-corrected chi connectivity index (χ1v) is 8.13. The number of hydrogen-bond donors (Lipinski definition) is 1. The Bertz CT molecular complexity index is 650. The molecule has 0 bridgehead atoms. The van der Waals surface area contributed by atoms with Gasteiger partial charge in [-0.1, -0.05) is 19.2 Å². The molecule has 1 N–H and O–H groups in total. The van der Waals surface area contributed by atoms with E-state index in [0.717, 1.165) is 6.07 Å². The first-order valence-electron chi connectivity index (χ1n) is 4.91. The molecule has 0 aromatic heterocycles. The lowest BCUT2D eigenvalue weighted by Gasteiger charge is -2.16. The molecule has 0 radical (unpaired) electrons. The van der Waals surface area contributed by atoms with Crippen LogP contribution in [-0.4, -0.2) is 26.7 Å². The van der Waals surface area contributed by atoms with Gasteiger partial charge in [0.1, 0.15) is 11.5 Å². The Labute approximate surface area is 111 Å². The molecule has 0 spiro atoms. The molecule has 0 unspecified atom stereocenters. The molecule has 0 aliphatic rings. The Hall–Kier alpha value is -1.80. The average molecular weight is 304 g/mol. The predicted molar refractivity (Wildman–Crippen MR) is 70.8 cm³/mol. The van der Waals surface area contributed by atoms with E-state index in [9.17, 15) is 21.9 Å². The topological polar surface area (TPSA) is 97.7 Å². The van der Waals surface area contributed by atoms with Crippen molar-refractivity contribution in [1.82, 2.24) is 0 Å². The highest BCUT2D eigenvalue weighted by molar-refractivity contribution is 8.11. The predicted octanol–water partition coefficient (Wildman–Crippen LogP) is 1.17. The van der Waals surface area contributed by atoms with Crippen LogP contribution in [0.25, 0.3) is 0 Å². The molecule has 1 aromatic carbocycles. The summed E-state index contributed by atoms with van der Waals surface area (Å²) in [6.45, 7) is 6.09. The minimum atomic E-state index is -4.24. The molecule has 0 aliphatic heterocycles. The Balaban J connectivity index is 3.28. The van der Waals surface area contributed by atoms with Crippen molar-refractivity contribution in [1.29, 1.82) is 0 Å². The fourth-order valence-corrected chi connectivity index (χ4v) is 3.92. The largest absolute Gasteiger partial charge is 0.508 e. The monoisotopic (exact) mass is 304 g/mol. The van der Waals surface area contributed by atoms with Gasteiger partial charge in [0.15, 0.2) is 0 Å². The van der Waals surface area contributed by atoms with Crippen LogP contribution in [0.5, 0.6) is 11.5 Å². The maximum absolute atomic E-state index is 11.7. The highest BCUT2D eigenvalue weighted by atomic mass is 32.3. The lowest BCUT2D eigenvalue weighted by atomic mass is 10.3. The fourth-order valence-electron chi connectivity index (χ4n) is 1.15. The SMILES string of the molecule is C=CS(=O)(=O)C(Oc1cccc(O)c1)S(=O)(=O)C=C. The second-order valence-corrected chi connectivity index (χ2v) is 7.59. The number of phenolic OH excluding ortho intramolecular Hbond substituents is 1. The normalized spacial score (nSPS) is 12.1. The molecule has 0 aliphatic carbocycles. The van der Waals surface area contributed by atoms with Gasteiger partial charge in [-0.25, -0.2) is 16.8 Å². The molecule has 8 heteroatoms. The molecule has 0 atom stereocenters. The molecule has 19 heavy (non-hydrogen) atoms. The maximum Gasteiger partial charge on any atom is 0.306 e. The summed E-state index contributed by atoms with van der Waals surface area (Å²) in [5, 5.41) is 10.2. The number of hydrogen-bond acceptors (Lipinski definition) is 6. The quantitative estimate of drug-likeness (QED) is 0.847. The van der Waals surface area contributed by atoms with E-state index in [1.54, 1.807) is 0 Å². The van der Waals surface area contributed by atoms with Crippen molar-refractivity contribution in [2.24, 2.45) is 0 Å². The number of ether oxygens (including phenoxy) is 1. The fraction of sp³-hybridized carbons (Fsp3) is 0.0909. The van der Waals surface area contributed by atoms with E-state index >= 15 is 0 Å². The van der Waals surface area contributed by atoms with Crippen LogP contribution < -0.4 is 4.74 Å². The van der Waals surface area contributed by atoms with Crippen LogP contribution in [-0.2, 0) is 19.7 Å². The van der Waals surface area contributed by atoms with Crippen molar-refractivity contribution >= 4 is 19.7 Å². The molecule has 104 valence electrons. The van der Waals surface area contributed by atoms with E-state index in [2.05, 4.69) is 13.2 Å². The highest BCUT2D eigenvalue weighted by Crippen LogP contribution is 2.23. The van der Waals surface area contributed by atoms with Crippen molar-refractivity contribution < 1.29 is 26.7 Å². The highest BCUT2D eigenvalue weighted by Gasteiger charge is 2.36. The van der Waals surface area contributed by atoms with Crippen LogP contribution in [0.3, 0.4) is 0 Å². The van der Waals surface area contributed by atoms with E-state index in [4.69, 9.17) is 4.74 Å². The van der Waals surface area contributed by atoms with Crippen LogP contribution in [0.1, 0.15) is 0 Å². The second kappa shape index (κ2) is 5.45. The van der Waals surface area contributed by atoms with Crippen molar-refractivity contribution in [3.05, 3.63) is 48.2 Å². The van der Waals surface area contributed by atoms with Crippen LogP contribution in [0, 0.1) is 0 Å². The van der Waals surface area contributed by atoms with Crippen LogP contribution in [0.2, 0.25) is 0 Å². The summed E-state index contributed by atoms with van der Waals surface area (Å²) < 4.78 is 49.4. The van der Waals surface area contributed by atoms with Crippen LogP contribution >= 0.6 is 0 Å². The lowest BCUT2D eigenvalue weighted by molar-refractivity contribution is 0.335. The molecular weight excluding hydrogens is 292 g/mol. The first-order chi connectivity index (χ1) is 8.73. The van der Waals surface area contributed by atoms with Crippen molar-refractivity contribution in [2.45, 2.75) is 4.77 Å². The number of aromatic hydroxyl groups is 1. The van der Waals surface area contributed by atoms with Gasteiger partial charge in [0.25, 0.3) is 0 Å². The summed E-state index contributed by atoms with van der Waals surface area (Å²) >= 11 is 0. The van der Waals surface area contributed by atoms with Crippen LogP contribution in [0.15, 0.2) is 48.2 Å². The van der Waals surface area contributed by atoms with Crippen molar-refractivity contribution in [3.63, 3.8) is 0 Å². The number of sulfone groups is 2. The van der Waals surface area contributed by atoms with E-state index in [0.29, 0.717) is 10.8 Å². The van der Waals surface area contributed by atoms with Gasteiger partial charge in [-0.05, 0) is 12.1 Å². The zero-order valence-corrected chi connectivity index (χ0v) is 11.4. The van der Waals surface area contributed by atoms with E-state index < -0.39 is 24.4 Å². The summed E-state index contributed by atoms with van der Waals surface area (Å²) in [4.78, 5) is 0. The Morgan fingerprint density at radius 1 is 1.11 bits per heavy atom. The first kappa shape index (κ1) is 15.3. The number of benzene rings is 1. The van der Waals surface area contributed by atoms with Gasteiger partial charge in [0.2, 0.25) is 19.7 Å². The molecular formula is C11H12O6S2. The zero-order valence-electron chi connectivity index (χ0n) is 9.76. The number of phenols is 1. The average Bonchev–Trinajstić information content (AvgIpc) is 2.35. The van der Waals surface area contributed by atoms with E-state index in [1.165, 1.54) is 18.2 Å². The third-order valence-corrected chi connectivity index (χ3v) is 5.86. The van der Waals surface area contributed by atoms with Gasteiger partial charge < -0.3 is 9.84 Å². The van der Waals surface area contributed by atoms with Crippen molar-refractivity contribution in [3.8, 4) is 11.5 Å². The molecule has 0 fully saturated rings.